The Kier molecular flexibility index (Phi) is 4.04. The molecule has 6 heteroatoms. The SMILES string of the molecule is COc1cccc(/C(O)=C/c2nc3cc(Cl)ccc3oc2=O)c1. The molecular formula is C17H12ClNO4. The van der Waals surface area contributed by atoms with E-state index in [1.807, 2.05) is 0 Å². The number of fused-ring (bicyclic) bond motifs is 1. The van der Waals surface area contributed by atoms with Gasteiger partial charge in [0, 0.05) is 16.7 Å². The molecule has 0 atom stereocenters. The number of hydrogen-bond donors (Lipinski definition) is 1. The Balaban J connectivity index is 2.08. The van der Waals surface area contributed by atoms with Gasteiger partial charge in [-0.2, -0.15) is 0 Å². The molecular weight excluding hydrogens is 318 g/mol. The summed E-state index contributed by atoms with van der Waals surface area (Å²) in [5, 5.41) is 10.7. The Labute approximate surface area is 136 Å². The maximum Gasteiger partial charge on any atom is 0.362 e. The highest BCUT2D eigenvalue weighted by atomic mass is 35.5. The molecule has 0 bridgehead atoms. The quantitative estimate of drug-likeness (QED) is 0.738. The molecule has 0 amide bonds. The van der Waals surface area contributed by atoms with Crippen LogP contribution < -0.4 is 10.4 Å². The molecule has 3 rings (SSSR count). The maximum atomic E-state index is 12.0. The average molecular weight is 330 g/mol. The first-order valence-corrected chi connectivity index (χ1v) is 7.10. The monoisotopic (exact) mass is 329 g/mol. The predicted molar refractivity (Wildman–Crippen MR) is 88.8 cm³/mol. The van der Waals surface area contributed by atoms with Crippen LogP contribution in [0.4, 0.5) is 0 Å². The topological polar surface area (TPSA) is 72.6 Å². The van der Waals surface area contributed by atoms with Gasteiger partial charge in [0.25, 0.3) is 0 Å². The van der Waals surface area contributed by atoms with E-state index in [4.69, 9.17) is 20.8 Å². The molecule has 1 heterocycles. The van der Waals surface area contributed by atoms with Gasteiger partial charge in [0.2, 0.25) is 0 Å². The van der Waals surface area contributed by atoms with Crippen LogP contribution in [0.5, 0.6) is 5.75 Å². The molecule has 0 spiro atoms. The molecule has 0 aliphatic carbocycles. The van der Waals surface area contributed by atoms with Gasteiger partial charge in [0.15, 0.2) is 11.3 Å². The number of hydrogen-bond acceptors (Lipinski definition) is 5. The van der Waals surface area contributed by atoms with E-state index >= 15 is 0 Å². The lowest BCUT2D eigenvalue weighted by Gasteiger charge is -2.04. The van der Waals surface area contributed by atoms with Gasteiger partial charge in [-0.05, 0) is 30.3 Å². The lowest BCUT2D eigenvalue weighted by atomic mass is 10.1. The molecule has 1 N–H and O–H groups in total. The number of nitrogens with zero attached hydrogens (tertiary/aromatic N) is 1. The van der Waals surface area contributed by atoms with Crippen LogP contribution in [-0.2, 0) is 0 Å². The van der Waals surface area contributed by atoms with Crippen LogP contribution in [0.1, 0.15) is 11.3 Å². The van der Waals surface area contributed by atoms with E-state index < -0.39 is 5.63 Å². The highest BCUT2D eigenvalue weighted by Gasteiger charge is 2.08. The number of rotatable bonds is 3. The third-order valence-corrected chi connectivity index (χ3v) is 3.45. The summed E-state index contributed by atoms with van der Waals surface area (Å²) in [5.41, 5.74) is 0.602. The number of aliphatic hydroxyl groups excluding tert-OH is 1. The molecule has 0 fully saturated rings. The van der Waals surface area contributed by atoms with Crippen molar-refractivity contribution < 1.29 is 14.3 Å². The molecule has 0 aliphatic heterocycles. The zero-order valence-electron chi connectivity index (χ0n) is 12.1. The molecule has 0 aliphatic rings. The Morgan fingerprint density at radius 2 is 2.13 bits per heavy atom. The fraction of sp³-hybridized carbons (Fsp3) is 0.0588. The summed E-state index contributed by atoms with van der Waals surface area (Å²) in [6.45, 7) is 0. The van der Waals surface area contributed by atoms with Crippen LogP contribution >= 0.6 is 11.6 Å². The van der Waals surface area contributed by atoms with Crippen molar-refractivity contribution in [2.45, 2.75) is 0 Å². The smallest absolute Gasteiger partial charge is 0.362 e. The van der Waals surface area contributed by atoms with Crippen LogP contribution in [0.15, 0.2) is 51.7 Å². The normalized spacial score (nSPS) is 11.7. The van der Waals surface area contributed by atoms with Crippen molar-refractivity contribution in [3.63, 3.8) is 0 Å². The van der Waals surface area contributed by atoms with Crippen molar-refractivity contribution in [1.82, 2.24) is 4.98 Å². The van der Waals surface area contributed by atoms with E-state index in [1.54, 1.807) is 42.5 Å². The van der Waals surface area contributed by atoms with Crippen LogP contribution in [0.3, 0.4) is 0 Å². The molecule has 23 heavy (non-hydrogen) atoms. The maximum absolute atomic E-state index is 12.0. The van der Waals surface area contributed by atoms with Crippen LogP contribution in [0, 0.1) is 0 Å². The second kappa shape index (κ2) is 6.14. The fourth-order valence-electron chi connectivity index (χ4n) is 2.08. The lowest BCUT2D eigenvalue weighted by Crippen LogP contribution is -2.06. The fourth-order valence-corrected chi connectivity index (χ4v) is 2.24. The first kappa shape index (κ1) is 15.1. The Hall–Kier alpha value is -2.79. The minimum atomic E-state index is -0.644. The van der Waals surface area contributed by atoms with Gasteiger partial charge >= 0.3 is 5.63 Å². The number of benzene rings is 2. The van der Waals surface area contributed by atoms with Crippen molar-refractivity contribution in [3.8, 4) is 5.75 Å². The number of aliphatic hydroxyl groups is 1. The van der Waals surface area contributed by atoms with Crippen LogP contribution in [0.25, 0.3) is 22.9 Å². The van der Waals surface area contributed by atoms with Crippen molar-refractivity contribution >= 4 is 34.5 Å². The summed E-state index contributed by atoms with van der Waals surface area (Å²) in [5.74, 6) is 0.470. The Morgan fingerprint density at radius 1 is 1.30 bits per heavy atom. The second-order valence-electron chi connectivity index (χ2n) is 4.76. The summed E-state index contributed by atoms with van der Waals surface area (Å²) < 4.78 is 10.3. The molecule has 0 unspecified atom stereocenters. The van der Waals surface area contributed by atoms with Crippen molar-refractivity contribution in [3.05, 3.63) is 69.2 Å². The summed E-state index contributed by atoms with van der Waals surface area (Å²) in [4.78, 5) is 16.2. The predicted octanol–water partition coefficient (Wildman–Crippen LogP) is 3.91. The summed E-state index contributed by atoms with van der Waals surface area (Å²) >= 11 is 5.91. The number of ether oxygens (including phenoxy) is 1. The number of aromatic nitrogens is 1. The third-order valence-electron chi connectivity index (χ3n) is 3.21. The Morgan fingerprint density at radius 3 is 2.91 bits per heavy atom. The second-order valence-corrected chi connectivity index (χ2v) is 5.20. The van der Waals surface area contributed by atoms with E-state index in [0.29, 0.717) is 27.4 Å². The lowest BCUT2D eigenvalue weighted by molar-refractivity contribution is 0.414. The molecule has 116 valence electrons. The van der Waals surface area contributed by atoms with Gasteiger partial charge in [-0.25, -0.2) is 9.78 Å². The molecule has 5 nitrogen and oxygen atoms in total. The van der Waals surface area contributed by atoms with Crippen molar-refractivity contribution in [2.75, 3.05) is 7.11 Å². The number of halogens is 1. The van der Waals surface area contributed by atoms with Gasteiger partial charge in [0.05, 0.1) is 7.11 Å². The minimum absolute atomic E-state index is 0.0138. The van der Waals surface area contributed by atoms with E-state index in [0.717, 1.165) is 0 Å². The van der Waals surface area contributed by atoms with Crippen molar-refractivity contribution in [1.29, 1.82) is 0 Å². The van der Waals surface area contributed by atoms with Crippen LogP contribution in [0.2, 0.25) is 5.02 Å². The minimum Gasteiger partial charge on any atom is -0.507 e. The standard InChI is InChI=1S/C17H12ClNO4/c1-22-12-4-2-3-10(7-12)15(20)9-14-17(21)23-16-6-5-11(18)8-13(16)19-14/h2-9,20H,1H3/b15-9-. The highest BCUT2D eigenvalue weighted by molar-refractivity contribution is 6.31. The average Bonchev–Trinajstić information content (AvgIpc) is 2.56. The molecule has 0 radical (unpaired) electrons. The molecule has 0 saturated carbocycles. The van der Waals surface area contributed by atoms with E-state index in [1.165, 1.54) is 13.2 Å². The first-order chi connectivity index (χ1) is 11.1. The van der Waals surface area contributed by atoms with Gasteiger partial charge in [-0.1, -0.05) is 23.7 Å². The van der Waals surface area contributed by atoms with Crippen molar-refractivity contribution in [2.24, 2.45) is 0 Å². The molecule has 0 saturated heterocycles. The van der Waals surface area contributed by atoms with Gasteiger partial charge in [-0.15, -0.1) is 0 Å². The van der Waals surface area contributed by atoms with Gasteiger partial charge < -0.3 is 14.3 Å². The molecule has 2 aromatic carbocycles. The van der Waals surface area contributed by atoms with Gasteiger partial charge in [-0.3, -0.25) is 0 Å². The zero-order valence-corrected chi connectivity index (χ0v) is 12.9. The molecule has 1 aromatic heterocycles. The Bertz CT molecular complexity index is 962. The third kappa shape index (κ3) is 3.19. The van der Waals surface area contributed by atoms with Gasteiger partial charge in [0.1, 0.15) is 17.0 Å². The first-order valence-electron chi connectivity index (χ1n) is 6.72. The molecule has 3 aromatic rings. The largest absolute Gasteiger partial charge is 0.507 e. The van der Waals surface area contributed by atoms with E-state index in [-0.39, 0.29) is 11.5 Å². The highest BCUT2D eigenvalue weighted by Crippen LogP contribution is 2.21. The summed E-state index contributed by atoms with van der Waals surface area (Å²) in [7, 11) is 1.53. The van der Waals surface area contributed by atoms with E-state index in [9.17, 15) is 9.90 Å². The van der Waals surface area contributed by atoms with E-state index in [2.05, 4.69) is 4.98 Å². The van der Waals surface area contributed by atoms with Crippen LogP contribution in [-0.4, -0.2) is 17.2 Å². The summed E-state index contributed by atoms with van der Waals surface area (Å²) in [6.07, 6.45) is 1.25. The zero-order chi connectivity index (χ0) is 16.4. The summed E-state index contributed by atoms with van der Waals surface area (Å²) in [6, 6.07) is 11.6. The number of methoxy groups -OCH3 is 1.